The quantitative estimate of drug-likeness (QED) is 0.742. The van der Waals surface area contributed by atoms with E-state index in [0.29, 0.717) is 11.7 Å². The number of hydrogen-bond donors (Lipinski definition) is 1. The number of benzene rings is 2. The normalized spacial score (nSPS) is 12.1. The minimum absolute atomic E-state index is 0.00414. The van der Waals surface area contributed by atoms with Crippen LogP contribution in [-0.2, 0) is 4.79 Å². The highest BCUT2D eigenvalue weighted by atomic mass is 79.9. The fourth-order valence-corrected chi connectivity index (χ4v) is 2.87. The van der Waals surface area contributed by atoms with Crippen LogP contribution < -0.4 is 10.1 Å². The first kappa shape index (κ1) is 18.5. The number of carbonyl (C=O) groups excluding carboxylic acids is 1. The molecular weight excluding hydrogens is 366 g/mol. The number of carbonyl (C=O) groups is 1. The van der Waals surface area contributed by atoms with Crippen molar-refractivity contribution in [3.05, 3.63) is 63.6 Å². The van der Waals surface area contributed by atoms with Crippen molar-refractivity contribution < 1.29 is 9.53 Å². The van der Waals surface area contributed by atoms with Gasteiger partial charge < -0.3 is 10.1 Å². The van der Waals surface area contributed by atoms with Crippen LogP contribution in [0.25, 0.3) is 0 Å². The Bertz CT molecular complexity index is 695. The molecule has 0 aliphatic rings. The lowest BCUT2D eigenvalue weighted by Gasteiger charge is -2.16. The summed E-state index contributed by atoms with van der Waals surface area (Å²) in [5.74, 6) is 0.995. The van der Waals surface area contributed by atoms with E-state index < -0.39 is 0 Å². The molecule has 3 nitrogen and oxygen atoms in total. The van der Waals surface area contributed by atoms with Crippen molar-refractivity contribution in [2.24, 2.45) is 0 Å². The van der Waals surface area contributed by atoms with Gasteiger partial charge >= 0.3 is 0 Å². The highest BCUT2D eigenvalue weighted by Crippen LogP contribution is 2.28. The van der Waals surface area contributed by atoms with Gasteiger partial charge in [0.15, 0.2) is 6.61 Å². The third kappa shape index (κ3) is 5.10. The molecule has 2 aromatic carbocycles. The Labute approximate surface area is 152 Å². The predicted octanol–water partition coefficient (Wildman–Crippen LogP) is 5.14. The summed E-state index contributed by atoms with van der Waals surface area (Å²) < 4.78 is 6.50. The van der Waals surface area contributed by atoms with Gasteiger partial charge in [0.1, 0.15) is 5.75 Å². The van der Waals surface area contributed by atoms with Gasteiger partial charge in [-0.1, -0.05) is 49.7 Å². The molecule has 0 aromatic heterocycles. The molecule has 0 radical (unpaired) electrons. The molecule has 1 unspecified atom stereocenters. The Morgan fingerprint density at radius 2 is 1.71 bits per heavy atom. The molecule has 0 aliphatic heterocycles. The summed E-state index contributed by atoms with van der Waals surface area (Å²) in [6.45, 7) is 8.29. The number of halogens is 1. The van der Waals surface area contributed by atoms with Gasteiger partial charge in [-0.05, 0) is 59.0 Å². The molecule has 0 aliphatic carbocycles. The fraction of sp³-hybridized carbons (Fsp3) is 0.350. The van der Waals surface area contributed by atoms with Gasteiger partial charge in [-0.3, -0.25) is 4.79 Å². The smallest absolute Gasteiger partial charge is 0.258 e. The van der Waals surface area contributed by atoms with Crippen LogP contribution in [0.15, 0.2) is 46.9 Å². The number of aryl methyl sites for hydroxylation is 1. The van der Waals surface area contributed by atoms with Crippen molar-refractivity contribution in [2.45, 2.75) is 39.7 Å². The SMILES string of the molecule is Cc1ccc(C(C)NC(=O)COc2ccc(C(C)C)cc2Br)cc1. The van der Waals surface area contributed by atoms with Crippen molar-refractivity contribution in [2.75, 3.05) is 6.61 Å². The molecule has 0 saturated heterocycles. The lowest BCUT2D eigenvalue weighted by molar-refractivity contribution is -0.123. The van der Waals surface area contributed by atoms with Crippen LogP contribution in [0.4, 0.5) is 0 Å². The Kier molecular flexibility index (Phi) is 6.44. The number of nitrogens with one attached hydrogen (secondary N) is 1. The summed E-state index contributed by atoms with van der Waals surface area (Å²) in [7, 11) is 0. The van der Waals surface area contributed by atoms with E-state index >= 15 is 0 Å². The second-order valence-electron chi connectivity index (χ2n) is 6.33. The van der Waals surface area contributed by atoms with E-state index in [4.69, 9.17) is 4.74 Å². The Hall–Kier alpha value is -1.81. The van der Waals surface area contributed by atoms with E-state index in [1.807, 2.05) is 56.3 Å². The molecule has 0 fully saturated rings. The molecule has 0 spiro atoms. The summed E-state index contributed by atoms with van der Waals surface area (Å²) >= 11 is 3.50. The average Bonchev–Trinajstić information content (AvgIpc) is 2.54. The maximum atomic E-state index is 12.1. The topological polar surface area (TPSA) is 38.3 Å². The first-order chi connectivity index (χ1) is 11.4. The molecule has 1 amide bonds. The molecule has 128 valence electrons. The maximum Gasteiger partial charge on any atom is 0.258 e. The van der Waals surface area contributed by atoms with E-state index in [-0.39, 0.29) is 18.6 Å². The second kappa shape index (κ2) is 8.34. The molecule has 24 heavy (non-hydrogen) atoms. The van der Waals surface area contributed by atoms with Crippen LogP contribution in [0, 0.1) is 6.92 Å². The first-order valence-electron chi connectivity index (χ1n) is 8.15. The zero-order valence-corrected chi connectivity index (χ0v) is 16.2. The van der Waals surface area contributed by atoms with Crippen LogP contribution in [-0.4, -0.2) is 12.5 Å². The van der Waals surface area contributed by atoms with Crippen LogP contribution in [0.5, 0.6) is 5.75 Å². The predicted molar refractivity (Wildman–Crippen MR) is 101 cm³/mol. The molecule has 2 rings (SSSR count). The molecule has 1 atom stereocenters. The number of amides is 1. The van der Waals surface area contributed by atoms with Crippen molar-refractivity contribution >= 4 is 21.8 Å². The largest absolute Gasteiger partial charge is 0.483 e. The number of hydrogen-bond acceptors (Lipinski definition) is 2. The molecule has 0 bridgehead atoms. The van der Waals surface area contributed by atoms with Gasteiger partial charge in [0.25, 0.3) is 5.91 Å². The van der Waals surface area contributed by atoms with Crippen LogP contribution in [0.2, 0.25) is 0 Å². The minimum Gasteiger partial charge on any atom is -0.483 e. The summed E-state index contributed by atoms with van der Waals surface area (Å²) in [5, 5.41) is 2.96. The Morgan fingerprint density at radius 1 is 1.08 bits per heavy atom. The summed E-state index contributed by atoms with van der Waals surface area (Å²) in [4.78, 5) is 12.1. The standard InChI is InChI=1S/C20H24BrNO2/c1-13(2)17-9-10-19(18(21)11-17)24-12-20(23)22-15(4)16-7-5-14(3)6-8-16/h5-11,13,15H,12H2,1-4H3,(H,22,23). The minimum atomic E-state index is -0.136. The van der Waals surface area contributed by atoms with Crippen LogP contribution >= 0.6 is 15.9 Å². The molecule has 2 aromatic rings. The monoisotopic (exact) mass is 389 g/mol. The molecule has 0 saturated carbocycles. The van der Waals surface area contributed by atoms with Gasteiger partial charge in [0, 0.05) is 0 Å². The fourth-order valence-electron chi connectivity index (χ4n) is 2.36. The van der Waals surface area contributed by atoms with Gasteiger partial charge in [0.2, 0.25) is 0 Å². The third-order valence-corrected chi connectivity index (χ3v) is 4.56. The van der Waals surface area contributed by atoms with Crippen molar-refractivity contribution in [3.63, 3.8) is 0 Å². The van der Waals surface area contributed by atoms with Crippen molar-refractivity contribution in [1.82, 2.24) is 5.32 Å². The lowest BCUT2D eigenvalue weighted by atomic mass is 10.0. The van der Waals surface area contributed by atoms with E-state index in [1.54, 1.807) is 0 Å². The van der Waals surface area contributed by atoms with E-state index in [1.165, 1.54) is 11.1 Å². The summed E-state index contributed by atoms with van der Waals surface area (Å²) in [6, 6.07) is 14.1. The average molecular weight is 390 g/mol. The molecule has 4 heteroatoms. The first-order valence-corrected chi connectivity index (χ1v) is 8.94. The zero-order valence-electron chi connectivity index (χ0n) is 14.6. The molecule has 0 heterocycles. The summed E-state index contributed by atoms with van der Waals surface area (Å²) in [5.41, 5.74) is 3.51. The second-order valence-corrected chi connectivity index (χ2v) is 7.19. The van der Waals surface area contributed by atoms with E-state index in [9.17, 15) is 4.79 Å². The number of rotatable bonds is 6. The van der Waals surface area contributed by atoms with Gasteiger partial charge in [-0.25, -0.2) is 0 Å². The van der Waals surface area contributed by atoms with Crippen LogP contribution in [0.3, 0.4) is 0 Å². The van der Waals surface area contributed by atoms with E-state index in [0.717, 1.165) is 10.0 Å². The van der Waals surface area contributed by atoms with Crippen LogP contribution in [0.1, 0.15) is 49.4 Å². The van der Waals surface area contributed by atoms with Crippen molar-refractivity contribution in [3.8, 4) is 5.75 Å². The zero-order chi connectivity index (χ0) is 17.7. The van der Waals surface area contributed by atoms with Crippen molar-refractivity contribution in [1.29, 1.82) is 0 Å². The summed E-state index contributed by atoms with van der Waals surface area (Å²) in [6.07, 6.45) is 0. The Balaban J connectivity index is 1.90. The molecule has 1 N–H and O–H groups in total. The number of ether oxygens (including phenoxy) is 1. The highest BCUT2D eigenvalue weighted by Gasteiger charge is 2.11. The van der Waals surface area contributed by atoms with Gasteiger partial charge in [0.05, 0.1) is 10.5 Å². The third-order valence-electron chi connectivity index (χ3n) is 3.94. The highest BCUT2D eigenvalue weighted by molar-refractivity contribution is 9.10. The Morgan fingerprint density at radius 3 is 2.29 bits per heavy atom. The van der Waals surface area contributed by atoms with Gasteiger partial charge in [-0.15, -0.1) is 0 Å². The van der Waals surface area contributed by atoms with Gasteiger partial charge in [-0.2, -0.15) is 0 Å². The lowest BCUT2D eigenvalue weighted by Crippen LogP contribution is -2.31. The van der Waals surface area contributed by atoms with E-state index in [2.05, 4.69) is 35.1 Å². The maximum absolute atomic E-state index is 12.1. The molecular formula is C20H24BrNO2.